The van der Waals surface area contributed by atoms with E-state index in [1.54, 1.807) is 0 Å². The zero-order chi connectivity index (χ0) is 14.0. The van der Waals surface area contributed by atoms with Crippen LogP contribution >= 0.6 is 0 Å². The first-order valence-electron chi connectivity index (χ1n) is 9.12. The topological polar surface area (TPSA) is 26.0 Å². The number of nitrogens with two attached hydrogens (primary N) is 1. The molecule has 0 unspecified atom stereocenters. The summed E-state index contributed by atoms with van der Waals surface area (Å²) in [5.41, 5.74) is 5.48. The zero-order valence-corrected chi connectivity index (χ0v) is 16.6. The van der Waals surface area contributed by atoms with Gasteiger partial charge in [-0.15, -0.1) is 0 Å². The fraction of sp³-hybridized carbons (Fsp3) is 1.00. The molecule has 2 heteroatoms. The molecule has 0 spiro atoms. The molecule has 0 bridgehead atoms. The van der Waals surface area contributed by atoms with E-state index in [0.717, 1.165) is 6.54 Å². The Morgan fingerprint density at radius 3 is 1.00 bits per heavy atom. The van der Waals surface area contributed by atoms with E-state index >= 15 is 0 Å². The van der Waals surface area contributed by atoms with Gasteiger partial charge in [-0.3, -0.25) is 0 Å². The average molecular weight is 294 g/mol. The van der Waals surface area contributed by atoms with Crippen LogP contribution in [0.1, 0.15) is 111 Å². The maximum absolute atomic E-state index is 5.48. The van der Waals surface area contributed by atoms with Crippen molar-refractivity contribution in [1.29, 1.82) is 0 Å². The summed E-state index contributed by atoms with van der Waals surface area (Å²) in [6.07, 6.45) is 22.9. The van der Waals surface area contributed by atoms with Crippen LogP contribution in [0.4, 0.5) is 0 Å². The molecule has 0 aliphatic heterocycles. The molecule has 0 radical (unpaired) electrons. The Hall–Kier alpha value is 0.960. The average Bonchev–Trinajstić information content (AvgIpc) is 2.43. The maximum Gasteiger partial charge on any atom is 1.00 e. The molecule has 0 saturated carbocycles. The summed E-state index contributed by atoms with van der Waals surface area (Å²) >= 11 is 0. The number of hydrogen-bond donors (Lipinski definition) is 1. The minimum Gasteiger partial charge on any atom is -1.00 e. The molecule has 0 saturated heterocycles. The molecular weight excluding hydrogens is 253 g/mol. The Morgan fingerprint density at radius 2 is 0.750 bits per heavy atom. The van der Waals surface area contributed by atoms with Gasteiger partial charge < -0.3 is 7.16 Å². The summed E-state index contributed by atoms with van der Waals surface area (Å²) in [7, 11) is 0. The van der Waals surface area contributed by atoms with Crippen LogP contribution in [-0.4, -0.2) is 6.54 Å². The van der Waals surface area contributed by atoms with Gasteiger partial charge in [0.05, 0.1) is 0 Å². The Morgan fingerprint density at radius 1 is 0.500 bits per heavy atom. The van der Waals surface area contributed by atoms with Crippen molar-refractivity contribution in [3.8, 4) is 0 Å². The largest absolute Gasteiger partial charge is 1.00 e. The Labute approximate surface area is 152 Å². The number of hydrogen-bond acceptors (Lipinski definition) is 1. The van der Waals surface area contributed by atoms with Gasteiger partial charge >= 0.3 is 29.6 Å². The van der Waals surface area contributed by atoms with E-state index in [4.69, 9.17) is 5.73 Å². The Kier molecular flexibility index (Phi) is 25.8. The van der Waals surface area contributed by atoms with E-state index in [-0.39, 0.29) is 31.0 Å². The minimum atomic E-state index is 0. The molecule has 0 aliphatic carbocycles. The first kappa shape index (κ1) is 23.2. The monoisotopic (exact) mass is 293 g/mol. The van der Waals surface area contributed by atoms with Crippen molar-refractivity contribution in [2.45, 2.75) is 110 Å². The minimum absolute atomic E-state index is 0. The van der Waals surface area contributed by atoms with Crippen LogP contribution in [0.5, 0.6) is 0 Å². The summed E-state index contributed by atoms with van der Waals surface area (Å²) in [4.78, 5) is 0. The predicted molar refractivity (Wildman–Crippen MR) is 89.7 cm³/mol. The van der Waals surface area contributed by atoms with E-state index in [0.29, 0.717) is 0 Å². The summed E-state index contributed by atoms with van der Waals surface area (Å²) in [6, 6.07) is 0. The van der Waals surface area contributed by atoms with Gasteiger partial charge in [0, 0.05) is 0 Å². The third kappa shape index (κ3) is 21.3. The van der Waals surface area contributed by atoms with E-state index in [1.807, 2.05) is 0 Å². The molecule has 0 heterocycles. The fourth-order valence-electron chi connectivity index (χ4n) is 2.69. The van der Waals surface area contributed by atoms with Crippen molar-refractivity contribution >= 4 is 0 Å². The zero-order valence-electron chi connectivity index (χ0n) is 15.6. The van der Waals surface area contributed by atoms with Crippen molar-refractivity contribution in [2.24, 2.45) is 5.73 Å². The molecular formula is C18H40NNa. The molecule has 0 aliphatic rings. The van der Waals surface area contributed by atoms with Gasteiger partial charge in [-0.25, -0.2) is 0 Å². The van der Waals surface area contributed by atoms with Crippen LogP contribution in [0.3, 0.4) is 0 Å². The molecule has 0 amide bonds. The Bertz CT molecular complexity index is 140. The number of unbranched alkanes of at least 4 members (excludes halogenated alkanes) is 15. The van der Waals surface area contributed by atoms with Crippen LogP contribution in [0.25, 0.3) is 0 Å². The van der Waals surface area contributed by atoms with Crippen LogP contribution in [0, 0.1) is 0 Å². The second kappa shape index (κ2) is 22.2. The molecule has 0 aromatic carbocycles. The van der Waals surface area contributed by atoms with Gasteiger partial charge in [0.1, 0.15) is 0 Å². The summed E-state index contributed by atoms with van der Waals surface area (Å²) in [5, 5.41) is 0. The summed E-state index contributed by atoms with van der Waals surface area (Å²) in [6.45, 7) is 3.16. The molecule has 0 fully saturated rings. The number of rotatable bonds is 16. The van der Waals surface area contributed by atoms with Gasteiger partial charge in [-0.2, -0.15) is 0 Å². The molecule has 0 aromatic rings. The van der Waals surface area contributed by atoms with Gasteiger partial charge in [-0.1, -0.05) is 103 Å². The molecule has 2 N–H and O–H groups in total. The van der Waals surface area contributed by atoms with Crippen molar-refractivity contribution in [2.75, 3.05) is 6.54 Å². The second-order valence-electron chi connectivity index (χ2n) is 6.09. The van der Waals surface area contributed by atoms with Crippen molar-refractivity contribution in [3.05, 3.63) is 0 Å². The van der Waals surface area contributed by atoms with Crippen molar-refractivity contribution in [3.63, 3.8) is 0 Å². The quantitative estimate of drug-likeness (QED) is 0.343. The predicted octanol–water partition coefficient (Wildman–Crippen LogP) is 3.32. The first-order chi connectivity index (χ1) is 9.41. The van der Waals surface area contributed by atoms with Gasteiger partial charge in [0.25, 0.3) is 0 Å². The van der Waals surface area contributed by atoms with E-state index < -0.39 is 0 Å². The fourth-order valence-corrected chi connectivity index (χ4v) is 2.69. The molecule has 0 aromatic heterocycles. The first-order valence-corrected chi connectivity index (χ1v) is 9.12. The van der Waals surface area contributed by atoms with Crippen molar-refractivity contribution < 1.29 is 31.0 Å². The van der Waals surface area contributed by atoms with Gasteiger partial charge in [0.2, 0.25) is 0 Å². The second-order valence-corrected chi connectivity index (χ2v) is 6.09. The molecule has 0 atom stereocenters. The van der Waals surface area contributed by atoms with E-state index in [2.05, 4.69) is 6.92 Å². The van der Waals surface area contributed by atoms with Crippen LogP contribution in [0.2, 0.25) is 0 Å². The van der Waals surface area contributed by atoms with E-state index in [1.165, 1.54) is 103 Å². The normalized spacial score (nSPS) is 10.5. The third-order valence-corrected chi connectivity index (χ3v) is 4.06. The SMILES string of the molecule is CCCCCCCCCCCCCCCCCCN.[H-].[Na+]. The van der Waals surface area contributed by atoms with Gasteiger partial charge in [0.15, 0.2) is 0 Å². The maximum atomic E-state index is 5.48. The smallest absolute Gasteiger partial charge is 1.00 e. The molecule has 1 nitrogen and oxygen atoms in total. The molecule has 118 valence electrons. The third-order valence-electron chi connectivity index (χ3n) is 4.06. The summed E-state index contributed by atoms with van der Waals surface area (Å²) in [5.74, 6) is 0. The van der Waals surface area contributed by atoms with Crippen LogP contribution < -0.4 is 35.3 Å². The van der Waals surface area contributed by atoms with Gasteiger partial charge in [-0.05, 0) is 13.0 Å². The summed E-state index contributed by atoms with van der Waals surface area (Å²) < 4.78 is 0. The molecule has 0 rings (SSSR count). The van der Waals surface area contributed by atoms with Crippen LogP contribution in [0.15, 0.2) is 0 Å². The standard InChI is InChI=1S/C18H39N.Na.H/c1-2-3-4-5-6-7-8-9-10-11-12-13-14-15-16-17-18-19;;/h2-19H2,1H3;;/q;+1;-1. The van der Waals surface area contributed by atoms with Crippen LogP contribution in [-0.2, 0) is 0 Å². The molecule has 20 heavy (non-hydrogen) atoms. The Balaban J connectivity index is -0.00000162. The van der Waals surface area contributed by atoms with E-state index in [9.17, 15) is 0 Å². The van der Waals surface area contributed by atoms with Crippen molar-refractivity contribution in [1.82, 2.24) is 0 Å².